The molecule has 0 amide bonds. The first kappa shape index (κ1) is 14.8. The molecule has 2 atom stereocenters. The van der Waals surface area contributed by atoms with Crippen LogP contribution in [0.2, 0.25) is 0 Å². The summed E-state index contributed by atoms with van der Waals surface area (Å²) in [6, 6.07) is 0.841. The number of hydrogen-bond acceptors (Lipinski definition) is 2. The molecule has 0 radical (unpaired) electrons. The van der Waals surface area contributed by atoms with Crippen LogP contribution in [0.1, 0.15) is 65.7 Å². The third-order valence-corrected chi connectivity index (χ3v) is 5.97. The lowest BCUT2D eigenvalue weighted by atomic mass is 9.68. The van der Waals surface area contributed by atoms with Crippen molar-refractivity contribution in [3.8, 4) is 0 Å². The van der Waals surface area contributed by atoms with Gasteiger partial charge < -0.3 is 10.1 Å². The summed E-state index contributed by atoms with van der Waals surface area (Å²) in [5.74, 6) is 2.54. The minimum Gasteiger partial charge on any atom is -0.378 e. The number of ether oxygens (including phenoxy) is 1. The van der Waals surface area contributed by atoms with Crippen molar-refractivity contribution in [1.29, 1.82) is 0 Å². The number of rotatable bonds is 4. The maximum atomic E-state index is 6.14. The molecule has 2 unspecified atom stereocenters. The van der Waals surface area contributed by atoms with Crippen LogP contribution in [-0.4, -0.2) is 25.3 Å². The van der Waals surface area contributed by atoms with Crippen LogP contribution < -0.4 is 5.32 Å². The molecular formula is C18H33NO. The van der Waals surface area contributed by atoms with E-state index in [9.17, 15) is 0 Å². The SMILES string of the molecule is CC(C)(C)C1CCC(C2OCCC2CNC2CC2)CC1. The van der Waals surface area contributed by atoms with Gasteiger partial charge in [-0.25, -0.2) is 0 Å². The van der Waals surface area contributed by atoms with Gasteiger partial charge in [-0.05, 0) is 62.2 Å². The summed E-state index contributed by atoms with van der Waals surface area (Å²) in [5.41, 5.74) is 0.494. The fourth-order valence-electron chi connectivity index (χ4n) is 4.31. The van der Waals surface area contributed by atoms with Gasteiger partial charge in [0.1, 0.15) is 0 Å². The number of hydrogen-bond donors (Lipinski definition) is 1. The van der Waals surface area contributed by atoms with E-state index in [0.717, 1.165) is 30.4 Å². The fraction of sp³-hybridized carbons (Fsp3) is 1.00. The van der Waals surface area contributed by atoms with E-state index in [1.165, 1.54) is 51.5 Å². The van der Waals surface area contributed by atoms with Crippen LogP contribution >= 0.6 is 0 Å². The van der Waals surface area contributed by atoms with E-state index < -0.39 is 0 Å². The lowest BCUT2D eigenvalue weighted by Gasteiger charge is -2.39. The standard InChI is InChI=1S/C18H33NO/c1-18(2,3)15-6-4-13(5-7-15)17-14(10-11-20-17)12-19-16-8-9-16/h13-17,19H,4-12H2,1-3H3. The van der Waals surface area contributed by atoms with Crippen LogP contribution in [0.25, 0.3) is 0 Å². The van der Waals surface area contributed by atoms with Crippen molar-refractivity contribution in [2.45, 2.75) is 77.9 Å². The lowest BCUT2D eigenvalue weighted by Crippen LogP contribution is -2.37. The van der Waals surface area contributed by atoms with E-state index in [-0.39, 0.29) is 0 Å². The van der Waals surface area contributed by atoms with Crippen LogP contribution in [0.5, 0.6) is 0 Å². The van der Waals surface area contributed by atoms with Crippen molar-refractivity contribution in [3.05, 3.63) is 0 Å². The topological polar surface area (TPSA) is 21.3 Å². The Kier molecular flexibility index (Phi) is 4.42. The quantitative estimate of drug-likeness (QED) is 0.840. The average Bonchev–Trinajstić information content (AvgIpc) is 3.12. The lowest BCUT2D eigenvalue weighted by molar-refractivity contribution is 0.0103. The molecule has 2 nitrogen and oxygen atoms in total. The maximum absolute atomic E-state index is 6.14. The van der Waals surface area contributed by atoms with Crippen LogP contribution in [0, 0.1) is 23.2 Å². The Bertz CT molecular complexity index is 310. The smallest absolute Gasteiger partial charge is 0.0644 e. The zero-order chi connectivity index (χ0) is 14.2. The summed E-state index contributed by atoms with van der Waals surface area (Å²) in [7, 11) is 0. The zero-order valence-electron chi connectivity index (χ0n) is 13.7. The molecule has 2 heteroatoms. The third-order valence-electron chi connectivity index (χ3n) is 5.97. The maximum Gasteiger partial charge on any atom is 0.0644 e. The molecule has 1 saturated heterocycles. The van der Waals surface area contributed by atoms with Gasteiger partial charge in [-0.3, -0.25) is 0 Å². The van der Waals surface area contributed by atoms with E-state index in [1.54, 1.807) is 0 Å². The first-order chi connectivity index (χ1) is 9.54. The molecule has 1 N–H and O–H groups in total. The van der Waals surface area contributed by atoms with E-state index in [4.69, 9.17) is 4.74 Å². The van der Waals surface area contributed by atoms with Crippen LogP contribution in [-0.2, 0) is 4.74 Å². The van der Waals surface area contributed by atoms with E-state index in [0.29, 0.717) is 11.5 Å². The molecule has 116 valence electrons. The Hall–Kier alpha value is -0.0800. The summed E-state index contributed by atoms with van der Waals surface area (Å²) in [4.78, 5) is 0. The molecule has 0 bridgehead atoms. The molecule has 2 saturated carbocycles. The van der Waals surface area contributed by atoms with Crippen molar-refractivity contribution < 1.29 is 4.74 Å². The molecule has 2 aliphatic carbocycles. The first-order valence-corrected chi connectivity index (χ1v) is 8.89. The zero-order valence-corrected chi connectivity index (χ0v) is 13.7. The molecule has 0 spiro atoms. The second kappa shape index (κ2) is 5.96. The predicted octanol–water partition coefficient (Wildman–Crippen LogP) is 4.00. The molecule has 3 aliphatic rings. The van der Waals surface area contributed by atoms with Gasteiger partial charge in [0, 0.05) is 25.1 Å². The van der Waals surface area contributed by atoms with E-state index in [1.807, 2.05) is 0 Å². The Labute approximate surface area is 125 Å². The molecule has 1 aliphatic heterocycles. The molecule has 3 rings (SSSR count). The predicted molar refractivity (Wildman–Crippen MR) is 83.8 cm³/mol. The van der Waals surface area contributed by atoms with Crippen molar-refractivity contribution in [2.75, 3.05) is 13.2 Å². The summed E-state index contributed by atoms with van der Waals surface area (Å²) in [6.45, 7) is 9.43. The van der Waals surface area contributed by atoms with Crippen molar-refractivity contribution in [3.63, 3.8) is 0 Å². The summed E-state index contributed by atoms with van der Waals surface area (Å²) < 4.78 is 6.14. The van der Waals surface area contributed by atoms with Gasteiger partial charge in [-0.1, -0.05) is 20.8 Å². The van der Waals surface area contributed by atoms with Crippen LogP contribution in [0.15, 0.2) is 0 Å². The Morgan fingerprint density at radius 2 is 1.65 bits per heavy atom. The van der Waals surface area contributed by atoms with E-state index >= 15 is 0 Å². The highest BCUT2D eigenvalue weighted by Crippen LogP contribution is 2.43. The van der Waals surface area contributed by atoms with Gasteiger partial charge in [-0.15, -0.1) is 0 Å². The monoisotopic (exact) mass is 279 g/mol. The largest absolute Gasteiger partial charge is 0.378 e. The average molecular weight is 279 g/mol. The Balaban J connectivity index is 1.48. The van der Waals surface area contributed by atoms with Crippen molar-refractivity contribution in [2.24, 2.45) is 23.2 Å². The number of nitrogens with one attached hydrogen (secondary N) is 1. The highest BCUT2D eigenvalue weighted by molar-refractivity contribution is 4.90. The summed E-state index contributed by atoms with van der Waals surface area (Å²) >= 11 is 0. The molecule has 3 fully saturated rings. The Morgan fingerprint density at radius 1 is 0.950 bits per heavy atom. The second-order valence-corrected chi connectivity index (χ2v) is 8.54. The summed E-state index contributed by atoms with van der Waals surface area (Å²) in [5, 5.41) is 3.72. The molecule has 0 aromatic rings. The minimum atomic E-state index is 0.494. The highest BCUT2D eigenvalue weighted by atomic mass is 16.5. The molecule has 20 heavy (non-hydrogen) atoms. The van der Waals surface area contributed by atoms with Crippen molar-refractivity contribution in [1.82, 2.24) is 5.32 Å². The van der Waals surface area contributed by atoms with Gasteiger partial charge in [0.2, 0.25) is 0 Å². The van der Waals surface area contributed by atoms with Gasteiger partial charge >= 0.3 is 0 Å². The second-order valence-electron chi connectivity index (χ2n) is 8.54. The molecule has 1 heterocycles. The fourth-order valence-corrected chi connectivity index (χ4v) is 4.31. The normalized spacial score (nSPS) is 39.1. The molecular weight excluding hydrogens is 246 g/mol. The van der Waals surface area contributed by atoms with Crippen molar-refractivity contribution >= 4 is 0 Å². The van der Waals surface area contributed by atoms with Gasteiger partial charge in [0.15, 0.2) is 0 Å². The van der Waals surface area contributed by atoms with Crippen LogP contribution in [0.4, 0.5) is 0 Å². The minimum absolute atomic E-state index is 0.494. The third kappa shape index (κ3) is 3.57. The Morgan fingerprint density at radius 3 is 2.25 bits per heavy atom. The van der Waals surface area contributed by atoms with Gasteiger partial charge in [0.05, 0.1) is 6.10 Å². The molecule has 0 aromatic heterocycles. The first-order valence-electron chi connectivity index (χ1n) is 8.89. The summed E-state index contributed by atoms with van der Waals surface area (Å²) in [6.07, 6.45) is 10.3. The van der Waals surface area contributed by atoms with E-state index in [2.05, 4.69) is 26.1 Å². The van der Waals surface area contributed by atoms with Crippen LogP contribution in [0.3, 0.4) is 0 Å². The van der Waals surface area contributed by atoms with Gasteiger partial charge in [0.25, 0.3) is 0 Å². The highest BCUT2D eigenvalue weighted by Gasteiger charge is 2.39. The van der Waals surface area contributed by atoms with Gasteiger partial charge in [-0.2, -0.15) is 0 Å². The molecule has 0 aromatic carbocycles.